The minimum absolute atomic E-state index is 0.166. The van der Waals surface area contributed by atoms with Crippen molar-refractivity contribution in [2.45, 2.75) is 50.9 Å². The summed E-state index contributed by atoms with van der Waals surface area (Å²) in [7, 11) is 0. The van der Waals surface area contributed by atoms with Crippen LogP contribution >= 0.6 is 0 Å². The first-order valence-electron chi connectivity index (χ1n) is 5.81. The van der Waals surface area contributed by atoms with Gasteiger partial charge < -0.3 is 10.5 Å². The monoisotopic (exact) mass is 199 g/mol. The van der Waals surface area contributed by atoms with Crippen molar-refractivity contribution < 1.29 is 5.21 Å². The van der Waals surface area contributed by atoms with Crippen molar-refractivity contribution in [1.29, 1.82) is 0 Å². The Bertz CT molecular complexity index is 171. The van der Waals surface area contributed by atoms with Crippen LogP contribution < -0.4 is 10.6 Å². The predicted molar refractivity (Wildman–Crippen MR) is 54.9 cm³/mol. The second-order valence-corrected chi connectivity index (χ2v) is 4.34. The molecule has 14 heavy (non-hydrogen) atoms. The topological polar surface area (TPSA) is 47.5 Å². The lowest BCUT2D eigenvalue weighted by Gasteiger charge is -2.35. The Balaban J connectivity index is 1.76. The van der Waals surface area contributed by atoms with Crippen molar-refractivity contribution in [2.24, 2.45) is 0 Å². The van der Waals surface area contributed by atoms with Gasteiger partial charge in [0.1, 0.15) is 0 Å². The molecular formula is C10H21N3O. The van der Waals surface area contributed by atoms with Crippen LogP contribution in [-0.2, 0) is 0 Å². The molecule has 0 aromatic rings. The zero-order chi connectivity index (χ0) is 9.80. The fraction of sp³-hybridized carbons (Fsp3) is 1.00. The average molecular weight is 199 g/mol. The molecule has 2 atom stereocenters. The van der Waals surface area contributed by atoms with Gasteiger partial charge in [0, 0.05) is 6.54 Å². The second kappa shape index (κ2) is 5.07. The molecular weight excluding hydrogens is 178 g/mol. The van der Waals surface area contributed by atoms with Crippen molar-refractivity contribution in [3.8, 4) is 0 Å². The highest BCUT2D eigenvalue weighted by molar-refractivity contribution is 4.76. The van der Waals surface area contributed by atoms with Gasteiger partial charge in [0.15, 0.2) is 0 Å². The summed E-state index contributed by atoms with van der Waals surface area (Å²) in [6.45, 7) is 1.92. The molecule has 0 aromatic carbocycles. The quantitative estimate of drug-likeness (QED) is 0.618. The third kappa shape index (κ3) is 2.67. The maximum Gasteiger partial charge on any atom is 0.0852 e. The van der Waals surface area contributed by atoms with Gasteiger partial charge in [-0.25, -0.2) is 0 Å². The number of rotatable bonds is 2. The van der Waals surface area contributed by atoms with Gasteiger partial charge in [0.05, 0.1) is 12.3 Å². The fourth-order valence-corrected chi connectivity index (χ4v) is 2.31. The molecule has 2 fully saturated rings. The first-order valence-corrected chi connectivity index (χ1v) is 5.81. The molecule has 0 spiro atoms. The summed E-state index contributed by atoms with van der Waals surface area (Å²) >= 11 is 0. The fourth-order valence-electron chi connectivity index (χ4n) is 2.31. The Morgan fingerprint density at radius 2 is 2.00 bits per heavy atom. The minimum atomic E-state index is 0.166. The molecule has 2 rings (SSSR count). The zero-order valence-corrected chi connectivity index (χ0v) is 8.71. The molecule has 0 aromatic heterocycles. The Kier molecular flexibility index (Phi) is 3.75. The summed E-state index contributed by atoms with van der Waals surface area (Å²) in [5, 5.41) is 18.0. The average Bonchev–Trinajstić information content (AvgIpc) is 2.23. The van der Waals surface area contributed by atoms with Crippen LogP contribution in [0.4, 0.5) is 0 Å². The van der Waals surface area contributed by atoms with Gasteiger partial charge in [-0.05, 0) is 45.1 Å². The Hall–Kier alpha value is -0.160. The molecule has 0 saturated carbocycles. The van der Waals surface area contributed by atoms with Crippen LogP contribution in [0.1, 0.15) is 38.5 Å². The van der Waals surface area contributed by atoms with Crippen LogP contribution in [-0.4, -0.2) is 35.7 Å². The molecule has 2 heterocycles. The molecule has 2 unspecified atom stereocenters. The third-order valence-electron chi connectivity index (χ3n) is 3.18. The van der Waals surface area contributed by atoms with Crippen molar-refractivity contribution >= 4 is 0 Å². The molecule has 3 N–H and O–H groups in total. The number of hydrogen-bond donors (Lipinski definition) is 3. The first-order chi connectivity index (χ1) is 6.86. The zero-order valence-electron chi connectivity index (χ0n) is 8.71. The highest BCUT2D eigenvalue weighted by atomic mass is 16.5. The Labute approximate surface area is 85.6 Å². The van der Waals surface area contributed by atoms with Gasteiger partial charge in [0.25, 0.3) is 0 Å². The van der Waals surface area contributed by atoms with E-state index in [4.69, 9.17) is 0 Å². The van der Waals surface area contributed by atoms with E-state index >= 15 is 0 Å². The van der Waals surface area contributed by atoms with Gasteiger partial charge in [-0.2, -0.15) is 5.06 Å². The van der Waals surface area contributed by atoms with E-state index in [-0.39, 0.29) is 6.17 Å². The molecule has 4 heteroatoms. The number of piperidine rings is 2. The van der Waals surface area contributed by atoms with E-state index in [9.17, 15) is 5.21 Å². The summed E-state index contributed by atoms with van der Waals surface area (Å²) in [5.74, 6) is 0. The normalized spacial score (nSPS) is 35.8. The van der Waals surface area contributed by atoms with Gasteiger partial charge in [-0.1, -0.05) is 0 Å². The summed E-state index contributed by atoms with van der Waals surface area (Å²) in [6, 6.07) is 0. The largest absolute Gasteiger partial charge is 0.312 e. The van der Waals surface area contributed by atoms with E-state index in [0.29, 0.717) is 6.17 Å². The predicted octanol–water partition coefficient (Wildman–Crippen LogP) is 0.877. The van der Waals surface area contributed by atoms with Crippen LogP contribution in [0.5, 0.6) is 0 Å². The van der Waals surface area contributed by atoms with Crippen molar-refractivity contribution in [1.82, 2.24) is 15.7 Å². The number of hydroxylamine groups is 2. The molecule has 2 aliphatic rings. The van der Waals surface area contributed by atoms with E-state index in [2.05, 4.69) is 10.6 Å². The number of hydrogen-bond acceptors (Lipinski definition) is 4. The highest BCUT2D eigenvalue weighted by Crippen LogP contribution is 2.14. The minimum Gasteiger partial charge on any atom is -0.312 e. The third-order valence-corrected chi connectivity index (χ3v) is 3.18. The van der Waals surface area contributed by atoms with E-state index in [1.54, 1.807) is 0 Å². The number of nitrogens with zero attached hydrogens (tertiary/aromatic N) is 1. The summed E-state index contributed by atoms with van der Waals surface area (Å²) in [4.78, 5) is 0. The van der Waals surface area contributed by atoms with Crippen molar-refractivity contribution in [3.63, 3.8) is 0 Å². The molecule has 82 valence electrons. The van der Waals surface area contributed by atoms with E-state index in [1.165, 1.54) is 30.7 Å². The van der Waals surface area contributed by atoms with Gasteiger partial charge in [-0.3, -0.25) is 5.32 Å². The molecule has 0 radical (unpaired) electrons. The second-order valence-electron chi connectivity index (χ2n) is 4.34. The molecule has 0 amide bonds. The molecule has 2 saturated heterocycles. The van der Waals surface area contributed by atoms with Gasteiger partial charge >= 0.3 is 0 Å². The molecule has 2 aliphatic heterocycles. The lowest BCUT2D eigenvalue weighted by Crippen LogP contribution is -2.56. The van der Waals surface area contributed by atoms with E-state index in [0.717, 1.165) is 25.9 Å². The number of nitrogens with one attached hydrogen (secondary N) is 2. The molecule has 0 aliphatic carbocycles. The maximum atomic E-state index is 9.64. The van der Waals surface area contributed by atoms with Gasteiger partial charge in [-0.15, -0.1) is 0 Å². The van der Waals surface area contributed by atoms with E-state index < -0.39 is 0 Å². The van der Waals surface area contributed by atoms with Gasteiger partial charge in [0.2, 0.25) is 0 Å². The molecule has 4 nitrogen and oxygen atoms in total. The lowest BCUT2D eigenvalue weighted by molar-refractivity contribution is -0.154. The van der Waals surface area contributed by atoms with Crippen LogP contribution in [0.2, 0.25) is 0 Å². The summed E-state index contributed by atoms with van der Waals surface area (Å²) in [5.41, 5.74) is 0. The first kappa shape index (κ1) is 10.4. The summed E-state index contributed by atoms with van der Waals surface area (Å²) < 4.78 is 0. The smallest absolute Gasteiger partial charge is 0.0852 e. The van der Waals surface area contributed by atoms with Crippen LogP contribution in [0.25, 0.3) is 0 Å². The van der Waals surface area contributed by atoms with E-state index in [1.807, 2.05) is 0 Å². The van der Waals surface area contributed by atoms with Crippen LogP contribution in [0.15, 0.2) is 0 Å². The lowest BCUT2D eigenvalue weighted by atomic mass is 10.1. The van der Waals surface area contributed by atoms with Crippen molar-refractivity contribution in [2.75, 3.05) is 13.1 Å². The van der Waals surface area contributed by atoms with Crippen LogP contribution in [0.3, 0.4) is 0 Å². The Morgan fingerprint density at radius 3 is 2.71 bits per heavy atom. The maximum absolute atomic E-state index is 9.64. The summed E-state index contributed by atoms with van der Waals surface area (Å²) in [6.07, 6.45) is 7.74. The Morgan fingerprint density at radius 1 is 1.14 bits per heavy atom. The highest BCUT2D eigenvalue weighted by Gasteiger charge is 2.23. The van der Waals surface area contributed by atoms with Crippen molar-refractivity contribution in [3.05, 3.63) is 0 Å². The standard InChI is InChI=1S/C10H21N3O/c14-13-8-4-2-6-10(13)12-9-5-1-3-7-11-9/h9-12,14H,1-8H2. The van der Waals surface area contributed by atoms with Crippen LogP contribution in [0, 0.1) is 0 Å². The molecule has 0 bridgehead atoms. The SMILES string of the molecule is ON1CCCCC1NC1CCCCN1.